The van der Waals surface area contributed by atoms with Crippen LogP contribution < -0.4 is 5.32 Å². The molecule has 1 fully saturated rings. The summed E-state index contributed by atoms with van der Waals surface area (Å²) in [7, 11) is 0. The van der Waals surface area contributed by atoms with Gasteiger partial charge in [-0.1, -0.05) is 6.42 Å². The number of thiophene rings is 1. The van der Waals surface area contributed by atoms with E-state index in [1.54, 1.807) is 4.88 Å². The average Bonchev–Trinajstić information content (AvgIpc) is 2.77. The number of aliphatic hydroxyl groups is 1. The summed E-state index contributed by atoms with van der Waals surface area (Å²) in [4.78, 5) is 1.55. The first-order valence-electron chi connectivity index (χ1n) is 7.42. The van der Waals surface area contributed by atoms with Crippen LogP contribution in [0.25, 0.3) is 0 Å². The van der Waals surface area contributed by atoms with Crippen molar-refractivity contribution in [2.24, 2.45) is 5.92 Å². The summed E-state index contributed by atoms with van der Waals surface area (Å²) in [6.45, 7) is 1.06. The van der Waals surface area contributed by atoms with Gasteiger partial charge in [0, 0.05) is 10.9 Å². The Bertz CT molecular complexity index is 434. The molecule has 3 rings (SSSR count). The summed E-state index contributed by atoms with van der Waals surface area (Å²) in [5.74, 6) is 0.663. The second-order valence-electron chi connectivity index (χ2n) is 5.97. The van der Waals surface area contributed by atoms with Crippen LogP contribution in [0.5, 0.6) is 0 Å². The maximum absolute atomic E-state index is 9.75. The van der Waals surface area contributed by atoms with Crippen molar-refractivity contribution in [3.05, 3.63) is 20.3 Å². The van der Waals surface area contributed by atoms with E-state index in [1.807, 2.05) is 11.3 Å². The van der Waals surface area contributed by atoms with E-state index in [9.17, 15) is 5.11 Å². The van der Waals surface area contributed by atoms with E-state index in [1.165, 1.54) is 41.5 Å². The third-order valence-corrected chi connectivity index (χ3v) is 6.21. The van der Waals surface area contributed by atoms with Gasteiger partial charge < -0.3 is 10.4 Å². The van der Waals surface area contributed by atoms with Crippen molar-refractivity contribution in [2.45, 2.75) is 57.1 Å². The van der Waals surface area contributed by atoms with E-state index in [4.69, 9.17) is 0 Å². The van der Waals surface area contributed by atoms with Crippen LogP contribution in [0.1, 0.15) is 55.0 Å². The van der Waals surface area contributed by atoms with Crippen molar-refractivity contribution in [1.82, 2.24) is 5.32 Å². The summed E-state index contributed by atoms with van der Waals surface area (Å²) < 4.78 is 1.26. The SMILES string of the molecule is OC1CCCC(CNC2CCCc3sc(Br)cc32)C1. The Balaban J connectivity index is 1.58. The molecule has 2 aliphatic rings. The second kappa shape index (κ2) is 6.25. The van der Waals surface area contributed by atoms with E-state index in [0.717, 1.165) is 19.4 Å². The average molecular weight is 344 g/mol. The third kappa shape index (κ3) is 3.41. The predicted molar refractivity (Wildman–Crippen MR) is 83.7 cm³/mol. The van der Waals surface area contributed by atoms with Gasteiger partial charge in [-0.05, 0) is 78.5 Å². The molecule has 2 nitrogen and oxygen atoms in total. The summed E-state index contributed by atoms with van der Waals surface area (Å²) >= 11 is 5.51. The van der Waals surface area contributed by atoms with E-state index >= 15 is 0 Å². The summed E-state index contributed by atoms with van der Waals surface area (Å²) in [6.07, 6.45) is 8.19. The highest BCUT2D eigenvalue weighted by atomic mass is 79.9. The molecule has 0 saturated heterocycles. The maximum Gasteiger partial charge on any atom is 0.0704 e. The zero-order chi connectivity index (χ0) is 13.2. The van der Waals surface area contributed by atoms with Crippen LogP contribution in [0.3, 0.4) is 0 Å². The Morgan fingerprint density at radius 2 is 2.21 bits per heavy atom. The fourth-order valence-corrected chi connectivity index (χ4v) is 5.31. The smallest absolute Gasteiger partial charge is 0.0704 e. The molecular formula is C15H22BrNOS. The minimum absolute atomic E-state index is 0.0576. The molecule has 3 atom stereocenters. The van der Waals surface area contributed by atoms with Crippen molar-refractivity contribution >= 4 is 27.3 Å². The van der Waals surface area contributed by atoms with Gasteiger partial charge in [-0.15, -0.1) is 11.3 Å². The zero-order valence-corrected chi connectivity index (χ0v) is 13.6. The van der Waals surface area contributed by atoms with Crippen LogP contribution in [-0.4, -0.2) is 17.8 Å². The van der Waals surface area contributed by atoms with Crippen molar-refractivity contribution in [3.63, 3.8) is 0 Å². The van der Waals surface area contributed by atoms with E-state index in [0.29, 0.717) is 12.0 Å². The van der Waals surface area contributed by atoms with Crippen molar-refractivity contribution in [1.29, 1.82) is 0 Å². The molecule has 0 spiro atoms. The number of aryl methyl sites for hydroxylation is 1. The number of halogens is 1. The lowest BCUT2D eigenvalue weighted by Crippen LogP contribution is -2.32. The number of hydrogen-bond donors (Lipinski definition) is 2. The molecule has 106 valence electrons. The Hall–Kier alpha value is 0.100. The topological polar surface area (TPSA) is 32.3 Å². The predicted octanol–water partition coefficient (Wildman–Crippen LogP) is 4.03. The van der Waals surface area contributed by atoms with Crippen LogP contribution >= 0.6 is 27.3 Å². The summed E-state index contributed by atoms with van der Waals surface area (Å²) in [5.41, 5.74) is 1.51. The molecule has 0 bridgehead atoms. The fourth-order valence-electron chi connectivity index (χ4n) is 3.49. The molecule has 0 aliphatic heterocycles. The first-order chi connectivity index (χ1) is 9.22. The second-order valence-corrected chi connectivity index (χ2v) is 8.48. The van der Waals surface area contributed by atoms with Gasteiger partial charge in [0.05, 0.1) is 9.89 Å². The zero-order valence-electron chi connectivity index (χ0n) is 11.2. The number of fused-ring (bicyclic) bond motifs is 1. The van der Waals surface area contributed by atoms with Gasteiger partial charge in [0.1, 0.15) is 0 Å². The van der Waals surface area contributed by atoms with Crippen LogP contribution in [0.2, 0.25) is 0 Å². The Morgan fingerprint density at radius 1 is 1.32 bits per heavy atom. The summed E-state index contributed by atoms with van der Waals surface area (Å²) in [5, 5.41) is 13.5. The highest BCUT2D eigenvalue weighted by Crippen LogP contribution is 2.38. The molecule has 0 amide bonds. The normalized spacial score (nSPS) is 31.2. The lowest BCUT2D eigenvalue weighted by atomic mass is 9.86. The molecule has 2 aliphatic carbocycles. The molecular weight excluding hydrogens is 322 g/mol. The monoisotopic (exact) mass is 343 g/mol. The molecule has 3 unspecified atom stereocenters. The van der Waals surface area contributed by atoms with Crippen LogP contribution in [0, 0.1) is 5.92 Å². The summed E-state index contributed by atoms with van der Waals surface area (Å²) in [6, 6.07) is 2.83. The molecule has 1 heterocycles. The lowest BCUT2D eigenvalue weighted by Gasteiger charge is -2.29. The standard InChI is InChI=1S/C15H22BrNOS/c16-15-8-12-13(5-2-6-14(12)19-15)17-9-10-3-1-4-11(18)7-10/h8,10-11,13,17-18H,1-7,9H2. The van der Waals surface area contributed by atoms with Crippen molar-refractivity contribution in [2.75, 3.05) is 6.54 Å². The molecule has 19 heavy (non-hydrogen) atoms. The van der Waals surface area contributed by atoms with Gasteiger partial charge in [-0.3, -0.25) is 0 Å². The molecule has 2 N–H and O–H groups in total. The number of hydrogen-bond acceptors (Lipinski definition) is 3. The first kappa shape index (κ1) is 14.1. The van der Waals surface area contributed by atoms with E-state index < -0.39 is 0 Å². The number of rotatable bonds is 3. The minimum atomic E-state index is -0.0576. The fraction of sp³-hybridized carbons (Fsp3) is 0.733. The van der Waals surface area contributed by atoms with Gasteiger partial charge in [0.2, 0.25) is 0 Å². The van der Waals surface area contributed by atoms with E-state index in [-0.39, 0.29) is 6.10 Å². The Kier molecular flexibility index (Phi) is 4.62. The van der Waals surface area contributed by atoms with Gasteiger partial charge in [0.25, 0.3) is 0 Å². The molecule has 1 aromatic heterocycles. The van der Waals surface area contributed by atoms with Crippen LogP contribution in [0.4, 0.5) is 0 Å². The highest BCUT2D eigenvalue weighted by molar-refractivity contribution is 9.11. The Labute approximate surface area is 127 Å². The maximum atomic E-state index is 9.75. The number of nitrogens with one attached hydrogen (secondary N) is 1. The first-order valence-corrected chi connectivity index (χ1v) is 9.03. The Morgan fingerprint density at radius 3 is 3.05 bits per heavy atom. The van der Waals surface area contributed by atoms with Gasteiger partial charge in [0.15, 0.2) is 0 Å². The largest absolute Gasteiger partial charge is 0.393 e. The molecule has 0 radical (unpaired) electrons. The number of aliphatic hydroxyl groups excluding tert-OH is 1. The van der Waals surface area contributed by atoms with Crippen LogP contribution in [0.15, 0.2) is 9.85 Å². The van der Waals surface area contributed by atoms with Crippen molar-refractivity contribution in [3.8, 4) is 0 Å². The van der Waals surface area contributed by atoms with Gasteiger partial charge in [-0.2, -0.15) is 0 Å². The lowest BCUT2D eigenvalue weighted by molar-refractivity contribution is 0.0993. The van der Waals surface area contributed by atoms with Gasteiger partial charge in [-0.25, -0.2) is 0 Å². The molecule has 4 heteroatoms. The quantitative estimate of drug-likeness (QED) is 0.868. The van der Waals surface area contributed by atoms with E-state index in [2.05, 4.69) is 27.3 Å². The van der Waals surface area contributed by atoms with Crippen molar-refractivity contribution < 1.29 is 5.11 Å². The van der Waals surface area contributed by atoms with Gasteiger partial charge >= 0.3 is 0 Å². The molecule has 0 aromatic carbocycles. The van der Waals surface area contributed by atoms with Crippen LogP contribution in [-0.2, 0) is 6.42 Å². The molecule has 1 saturated carbocycles. The molecule has 1 aromatic rings. The highest BCUT2D eigenvalue weighted by Gasteiger charge is 2.25. The third-order valence-electron chi connectivity index (χ3n) is 4.49. The minimum Gasteiger partial charge on any atom is -0.393 e.